The fraction of sp³-hybridized carbons (Fsp3) is 0.500. The highest BCUT2D eigenvalue weighted by molar-refractivity contribution is 9.10. The maximum absolute atomic E-state index is 6.18. The van der Waals surface area contributed by atoms with Crippen molar-refractivity contribution in [3.05, 3.63) is 27.7 Å². The van der Waals surface area contributed by atoms with Crippen LogP contribution in [0.5, 0.6) is 5.75 Å². The highest BCUT2D eigenvalue weighted by Crippen LogP contribution is 2.45. The van der Waals surface area contributed by atoms with Crippen LogP contribution in [-0.4, -0.2) is 7.11 Å². The highest BCUT2D eigenvalue weighted by atomic mass is 79.9. The average molecular weight is 270 g/mol. The van der Waals surface area contributed by atoms with E-state index in [9.17, 15) is 0 Å². The molecule has 1 aliphatic rings. The van der Waals surface area contributed by atoms with Crippen LogP contribution >= 0.6 is 15.9 Å². The molecule has 0 saturated heterocycles. The fourth-order valence-electron chi connectivity index (χ4n) is 1.85. The lowest BCUT2D eigenvalue weighted by molar-refractivity contribution is 0.408. The molecule has 0 radical (unpaired) electrons. The number of ether oxygens (including phenoxy) is 1. The molecular formula is C12H16BrNO. The van der Waals surface area contributed by atoms with E-state index in [1.54, 1.807) is 7.11 Å². The Bertz CT molecular complexity index is 385. The van der Waals surface area contributed by atoms with E-state index in [0.29, 0.717) is 0 Å². The third-order valence-corrected chi connectivity index (χ3v) is 3.80. The lowest BCUT2D eigenvalue weighted by Crippen LogP contribution is -2.19. The quantitative estimate of drug-likeness (QED) is 0.916. The molecule has 0 aliphatic heterocycles. The average Bonchev–Trinajstić information content (AvgIpc) is 2.96. The van der Waals surface area contributed by atoms with Crippen molar-refractivity contribution >= 4 is 15.9 Å². The number of hydrogen-bond donors (Lipinski definition) is 1. The number of rotatable bonds is 3. The zero-order valence-corrected chi connectivity index (χ0v) is 10.7. The van der Waals surface area contributed by atoms with Crippen LogP contribution in [0.3, 0.4) is 0 Å². The van der Waals surface area contributed by atoms with E-state index in [-0.39, 0.29) is 5.54 Å². The van der Waals surface area contributed by atoms with E-state index in [1.165, 1.54) is 11.1 Å². The molecular weight excluding hydrogens is 254 g/mol. The van der Waals surface area contributed by atoms with Crippen LogP contribution in [0.2, 0.25) is 0 Å². The van der Waals surface area contributed by atoms with Crippen LogP contribution in [0.4, 0.5) is 0 Å². The van der Waals surface area contributed by atoms with Gasteiger partial charge in [0, 0.05) is 15.6 Å². The van der Waals surface area contributed by atoms with Crippen LogP contribution in [0, 0.1) is 0 Å². The molecule has 2 rings (SSSR count). The summed E-state index contributed by atoms with van der Waals surface area (Å²) in [4.78, 5) is 0. The molecule has 0 atom stereocenters. The van der Waals surface area contributed by atoms with Crippen molar-refractivity contribution in [1.82, 2.24) is 0 Å². The summed E-state index contributed by atoms with van der Waals surface area (Å²) >= 11 is 3.58. The van der Waals surface area contributed by atoms with Crippen molar-refractivity contribution in [2.45, 2.75) is 31.7 Å². The van der Waals surface area contributed by atoms with Gasteiger partial charge in [-0.3, -0.25) is 0 Å². The molecule has 1 aromatic carbocycles. The second kappa shape index (κ2) is 3.80. The van der Waals surface area contributed by atoms with Gasteiger partial charge in [-0.1, -0.05) is 22.9 Å². The summed E-state index contributed by atoms with van der Waals surface area (Å²) in [5, 5.41) is 0. The van der Waals surface area contributed by atoms with E-state index >= 15 is 0 Å². The Labute approximate surface area is 98.9 Å². The largest absolute Gasteiger partial charge is 0.496 e. The Kier molecular flexibility index (Phi) is 2.77. The highest BCUT2D eigenvalue weighted by Gasteiger charge is 2.40. The lowest BCUT2D eigenvalue weighted by Gasteiger charge is -2.15. The van der Waals surface area contributed by atoms with Crippen LogP contribution < -0.4 is 10.5 Å². The van der Waals surface area contributed by atoms with Gasteiger partial charge in [-0.05, 0) is 37.0 Å². The summed E-state index contributed by atoms with van der Waals surface area (Å²) in [7, 11) is 1.71. The molecule has 1 saturated carbocycles. The first-order valence-corrected chi connectivity index (χ1v) is 6.06. The van der Waals surface area contributed by atoms with Gasteiger partial charge in [0.05, 0.1) is 7.11 Å². The first-order chi connectivity index (χ1) is 7.10. The molecule has 15 heavy (non-hydrogen) atoms. The van der Waals surface area contributed by atoms with Crippen LogP contribution in [0.25, 0.3) is 0 Å². The standard InChI is InChI=1S/C12H16BrNO/c1-3-9-10(13)6-8(7-11(9)15-2)12(14)4-5-12/h6-7H,3-5,14H2,1-2H3. The summed E-state index contributed by atoms with van der Waals surface area (Å²) in [6, 6.07) is 4.21. The maximum Gasteiger partial charge on any atom is 0.123 e. The predicted octanol–water partition coefficient (Wildman–Crippen LogP) is 2.97. The number of hydrogen-bond acceptors (Lipinski definition) is 2. The predicted molar refractivity (Wildman–Crippen MR) is 65.2 cm³/mol. The Morgan fingerprint density at radius 3 is 2.60 bits per heavy atom. The second-order valence-corrected chi connectivity index (χ2v) is 5.00. The zero-order chi connectivity index (χ0) is 11.1. The third kappa shape index (κ3) is 1.91. The summed E-state index contributed by atoms with van der Waals surface area (Å²) in [6.07, 6.45) is 3.11. The number of nitrogens with two attached hydrogens (primary N) is 1. The molecule has 1 fully saturated rings. The molecule has 2 nitrogen and oxygen atoms in total. The fourth-order valence-corrected chi connectivity index (χ4v) is 2.57. The van der Waals surface area contributed by atoms with Crippen molar-refractivity contribution in [1.29, 1.82) is 0 Å². The number of methoxy groups -OCH3 is 1. The van der Waals surface area contributed by atoms with E-state index in [0.717, 1.165) is 29.5 Å². The molecule has 0 aromatic heterocycles. The van der Waals surface area contributed by atoms with E-state index in [4.69, 9.17) is 10.5 Å². The molecule has 0 spiro atoms. The maximum atomic E-state index is 6.18. The minimum atomic E-state index is -0.0952. The van der Waals surface area contributed by atoms with Gasteiger partial charge in [0.1, 0.15) is 5.75 Å². The normalized spacial score (nSPS) is 17.6. The summed E-state index contributed by atoms with van der Waals surface area (Å²) in [5.41, 5.74) is 8.48. The Morgan fingerprint density at radius 1 is 1.47 bits per heavy atom. The Balaban J connectivity index is 2.48. The minimum absolute atomic E-state index is 0.0952. The molecule has 2 N–H and O–H groups in total. The topological polar surface area (TPSA) is 35.2 Å². The molecule has 3 heteroatoms. The molecule has 82 valence electrons. The first-order valence-electron chi connectivity index (χ1n) is 5.26. The van der Waals surface area contributed by atoms with Crippen molar-refractivity contribution in [3.63, 3.8) is 0 Å². The van der Waals surface area contributed by atoms with E-state index in [1.807, 2.05) is 0 Å². The van der Waals surface area contributed by atoms with Crippen LogP contribution in [0.1, 0.15) is 30.9 Å². The summed E-state index contributed by atoms with van der Waals surface area (Å²) < 4.78 is 6.50. The van der Waals surface area contributed by atoms with Crippen LogP contribution in [0.15, 0.2) is 16.6 Å². The second-order valence-electron chi connectivity index (χ2n) is 4.15. The van der Waals surface area contributed by atoms with Gasteiger partial charge < -0.3 is 10.5 Å². The van der Waals surface area contributed by atoms with Crippen molar-refractivity contribution in [2.24, 2.45) is 5.73 Å². The van der Waals surface area contributed by atoms with Gasteiger partial charge in [0.25, 0.3) is 0 Å². The Morgan fingerprint density at radius 2 is 2.13 bits per heavy atom. The smallest absolute Gasteiger partial charge is 0.123 e. The lowest BCUT2D eigenvalue weighted by atomic mass is 10.0. The van der Waals surface area contributed by atoms with Gasteiger partial charge in [0.15, 0.2) is 0 Å². The Hall–Kier alpha value is -0.540. The third-order valence-electron chi connectivity index (χ3n) is 3.09. The molecule has 1 aliphatic carbocycles. The van der Waals surface area contributed by atoms with Crippen LogP contribution in [-0.2, 0) is 12.0 Å². The van der Waals surface area contributed by atoms with E-state index < -0.39 is 0 Å². The zero-order valence-electron chi connectivity index (χ0n) is 9.14. The van der Waals surface area contributed by atoms with Gasteiger partial charge in [-0.15, -0.1) is 0 Å². The molecule has 0 heterocycles. The first kappa shape index (κ1) is 11.0. The SMILES string of the molecule is CCc1c(Br)cc(C2(N)CC2)cc1OC. The monoisotopic (exact) mass is 269 g/mol. The molecule has 0 amide bonds. The van der Waals surface area contributed by atoms with Crippen molar-refractivity contribution in [2.75, 3.05) is 7.11 Å². The molecule has 0 bridgehead atoms. The number of halogens is 1. The number of benzene rings is 1. The van der Waals surface area contributed by atoms with E-state index in [2.05, 4.69) is 35.0 Å². The van der Waals surface area contributed by atoms with Gasteiger partial charge in [-0.2, -0.15) is 0 Å². The van der Waals surface area contributed by atoms with Crippen molar-refractivity contribution in [3.8, 4) is 5.75 Å². The molecule has 0 unspecified atom stereocenters. The summed E-state index contributed by atoms with van der Waals surface area (Å²) in [5.74, 6) is 0.943. The molecule has 1 aromatic rings. The minimum Gasteiger partial charge on any atom is -0.496 e. The van der Waals surface area contributed by atoms with Gasteiger partial charge in [0.2, 0.25) is 0 Å². The van der Waals surface area contributed by atoms with Crippen molar-refractivity contribution < 1.29 is 4.74 Å². The summed E-state index contributed by atoms with van der Waals surface area (Å²) in [6.45, 7) is 2.12. The van der Waals surface area contributed by atoms with Gasteiger partial charge >= 0.3 is 0 Å². The van der Waals surface area contributed by atoms with Gasteiger partial charge in [-0.25, -0.2) is 0 Å².